The van der Waals surface area contributed by atoms with Gasteiger partial charge >= 0.3 is 0 Å². The molecule has 0 spiro atoms. The highest BCUT2D eigenvalue weighted by Crippen LogP contribution is 2.32. The molecule has 2 atom stereocenters. The Labute approximate surface area is 114 Å². The summed E-state index contributed by atoms with van der Waals surface area (Å²) in [5, 5.41) is 4.30. The monoisotopic (exact) mass is 258 g/mol. The first-order valence-electron chi connectivity index (χ1n) is 7.10. The molecule has 0 aromatic carbocycles. The van der Waals surface area contributed by atoms with E-state index in [2.05, 4.69) is 29.6 Å². The predicted molar refractivity (Wildman–Crippen MR) is 76.0 cm³/mol. The van der Waals surface area contributed by atoms with E-state index in [1.807, 2.05) is 23.1 Å². The molecule has 2 aromatic heterocycles. The van der Waals surface area contributed by atoms with Crippen LogP contribution in [0.3, 0.4) is 0 Å². The van der Waals surface area contributed by atoms with E-state index >= 15 is 0 Å². The molecule has 102 valence electrons. The van der Waals surface area contributed by atoms with Crippen LogP contribution in [0.5, 0.6) is 0 Å². The Hall–Kier alpha value is -1.55. The van der Waals surface area contributed by atoms with Gasteiger partial charge in [-0.25, -0.2) is 0 Å². The Morgan fingerprint density at radius 1 is 1.53 bits per heavy atom. The van der Waals surface area contributed by atoms with Crippen LogP contribution in [0, 0.1) is 6.92 Å². The summed E-state index contributed by atoms with van der Waals surface area (Å²) in [6.07, 6.45) is 7.32. The molecule has 19 heavy (non-hydrogen) atoms. The first-order valence-corrected chi connectivity index (χ1v) is 7.10. The van der Waals surface area contributed by atoms with Crippen LogP contribution in [0.4, 0.5) is 0 Å². The molecule has 0 saturated carbocycles. The minimum Gasteiger partial charge on any atom is -0.344 e. The van der Waals surface area contributed by atoms with Gasteiger partial charge in [-0.1, -0.05) is 0 Å². The molecule has 2 heterocycles. The van der Waals surface area contributed by atoms with Gasteiger partial charge in [0.05, 0.1) is 12.6 Å². The fourth-order valence-corrected chi connectivity index (χ4v) is 3.34. The molecule has 3 rings (SSSR count). The largest absolute Gasteiger partial charge is 0.344 e. The van der Waals surface area contributed by atoms with Gasteiger partial charge in [0.15, 0.2) is 0 Å². The minimum absolute atomic E-state index is 0.223. The van der Waals surface area contributed by atoms with Crippen molar-refractivity contribution in [3.63, 3.8) is 0 Å². The summed E-state index contributed by atoms with van der Waals surface area (Å²) < 4.78 is 4.45. The summed E-state index contributed by atoms with van der Waals surface area (Å²) in [5.41, 5.74) is 10.4. The highest BCUT2D eigenvalue weighted by molar-refractivity contribution is 5.33. The van der Waals surface area contributed by atoms with E-state index in [-0.39, 0.29) is 6.04 Å². The van der Waals surface area contributed by atoms with Crippen LogP contribution in [0.25, 0.3) is 0 Å². The molecule has 1 aliphatic rings. The fourth-order valence-electron chi connectivity index (χ4n) is 3.34. The van der Waals surface area contributed by atoms with Gasteiger partial charge in [-0.05, 0) is 50.8 Å². The quantitative estimate of drug-likeness (QED) is 0.920. The normalized spacial score (nSPS) is 20.3. The summed E-state index contributed by atoms with van der Waals surface area (Å²) in [6, 6.07) is 4.88. The van der Waals surface area contributed by atoms with Crippen LogP contribution in [0.2, 0.25) is 0 Å². The zero-order valence-corrected chi connectivity index (χ0v) is 11.7. The van der Waals surface area contributed by atoms with E-state index in [9.17, 15) is 0 Å². The van der Waals surface area contributed by atoms with Gasteiger partial charge in [-0.15, -0.1) is 0 Å². The van der Waals surface area contributed by atoms with Crippen molar-refractivity contribution < 1.29 is 0 Å². The average Bonchev–Trinajstić information content (AvgIpc) is 2.96. The third kappa shape index (κ3) is 2.21. The maximum absolute atomic E-state index is 6.23. The average molecular weight is 258 g/mol. The maximum atomic E-state index is 6.23. The Bertz CT molecular complexity index is 553. The smallest absolute Gasteiger partial charge is 0.0614 e. The van der Waals surface area contributed by atoms with Crippen molar-refractivity contribution in [2.24, 2.45) is 5.73 Å². The SMILES string of the molecule is Cc1cc2c(n1C(C)Cn1cccn1)CCCC2N. The number of aryl methyl sites for hydroxylation is 1. The van der Waals surface area contributed by atoms with Crippen molar-refractivity contribution in [2.75, 3.05) is 0 Å². The molecule has 4 nitrogen and oxygen atoms in total. The number of fused-ring (bicyclic) bond motifs is 1. The lowest BCUT2D eigenvalue weighted by Gasteiger charge is -2.24. The van der Waals surface area contributed by atoms with Crippen molar-refractivity contribution in [3.05, 3.63) is 41.5 Å². The van der Waals surface area contributed by atoms with Gasteiger partial charge < -0.3 is 10.3 Å². The zero-order chi connectivity index (χ0) is 13.4. The fraction of sp³-hybridized carbons (Fsp3) is 0.533. The van der Waals surface area contributed by atoms with Gasteiger partial charge in [-0.3, -0.25) is 4.68 Å². The van der Waals surface area contributed by atoms with Crippen LogP contribution in [0.1, 0.15) is 48.8 Å². The molecular formula is C15H22N4. The highest BCUT2D eigenvalue weighted by atomic mass is 15.3. The van der Waals surface area contributed by atoms with E-state index in [1.54, 1.807) is 0 Å². The lowest BCUT2D eigenvalue weighted by Crippen LogP contribution is -2.21. The van der Waals surface area contributed by atoms with Crippen molar-refractivity contribution >= 4 is 0 Å². The molecule has 0 saturated heterocycles. The summed E-state index contributed by atoms with van der Waals surface area (Å²) in [7, 11) is 0. The molecule has 0 radical (unpaired) electrons. The predicted octanol–water partition coefficient (Wildman–Crippen LogP) is 2.59. The van der Waals surface area contributed by atoms with E-state index < -0.39 is 0 Å². The zero-order valence-electron chi connectivity index (χ0n) is 11.7. The van der Waals surface area contributed by atoms with Gasteiger partial charge in [0.2, 0.25) is 0 Å². The van der Waals surface area contributed by atoms with Crippen molar-refractivity contribution in [2.45, 2.75) is 51.7 Å². The van der Waals surface area contributed by atoms with Gasteiger partial charge in [0.25, 0.3) is 0 Å². The molecule has 0 bridgehead atoms. The molecule has 0 aliphatic heterocycles. The van der Waals surface area contributed by atoms with Crippen molar-refractivity contribution in [3.8, 4) is 0 Å². The number of aromatic nitrogens is 3. The standard InChI is InChI=1S/C15H22N4/c1-11-9-13-14(16)5-3-6-15(13)19(11)12(2)10-18-8-4-7-17-18/h4,7-9,12,14H,3,5-6,10,16H2,1-2H3. The number of hydrogen-bond donors (Lipinski definition) is 1. The van der Waals surface area contributed by atoms with Gasteiger partial charge in [0.1, 0.15) is 0 Å². The lowest BCUT2D eigenvalue weighted by molar-refractivity contribution is 0.413. The number of rotatable bonds is 3. The molecule has 2 aromatic rings. The summed E-state index contributed by atoms with van der Waals surface area (Å²) in [6.45, 7) is 5.35. The second kappa shape index (κ2) is 4.85. The minimum atomic E-state index is 0.223. The molecule has 0 fully saturated rings. The van der Waals surface area contributed by atoms with Gasteiger partial charge in [0, 0.05) is 29.8 Å². The van der Waals surface area contributed by atoms with Crippen LogP contribution in [-0.4, -0.2) is 14.3 Å². The molecule has 0 amide bonds. The number of nitrogens with two attached hydrogens (primary N) is 1. The molecule has 2 N–H and O–H groups in total. The van der Waals surface area contributed by atoms with E-state index in [0.717, 1.165) is 19.4 Å². The molecule has 4 heteroatoms. The third-order valence-electron chi connectivity index (χ3n) is 4.15. The Kier molecular flexibility index (Phi) is 3.19. The number of nitrogens with zero attached hydrogens (tertiary/aromatic N) is 3. The first-order chi connectivity index (χ1) is 9.16. The summed E-state index contributed by atoms with van der Waals surface area (Å²) in [4.78, 5) is 0. The van der Waals surface area contributed by atoms with Crippen LogP contribution < -0.4 is 5.73 Å². The molecule has 1 aliphatic carbocycles. The van der Waals surface area contributed by atoms with E-state index in [4.69, 9.17) is 5.73 Å². The van der Waals surface area contributed by atoms with Crippen molar-refractivity contribution in [1.29, 1.82) is 0 Å². The molecule has 2 unspecified atom stereocenters. The molecular weight excluding hydrogens is 236 g/mol. The van der Waals surface area contributed by atoms with Crippen LogP contribution in [-0.2, 0) is 13.0 Å². The van der Waals surface area contributed by atoms with Crippen LogP contribution in [0.15, 0.2) is 24.5 Å². The lowest BCUT2D eigenvalue weighted by atomic mass is 9.93. The van der Waals surface area contributed by atoms with Gasteiger partial charge in [-0.2, -0.15) is 5.10 Å². The summed E-state index contributed by atoms with van der Waals surface area (Å²) in [5.74, 6) is 0. The Balaban J connectivity index is 1.92. The second-order valence-electron chi connectivity index (χ2n) is 5.63. The first kappa shape index (κ1) is 12.5. The van der Waals surface area contributed by atoms with Crippen molar-refractivity contribution in [1.82, 2.24) is 14.3 Å². The Morgan fingerprint density at radius 3 is 3.11 bits per heavy atom. The topological polar surface area (TPSA) is 48.8 Å². The second-order valence-corrected chi connectivity index (χ2v) is 5.63. The highest BCUT2D eigenvalue weighted by Gasteiger charge is 2.24. The summed E-state index contributed by atoms with van der Waals surface area (Å²) >= 11 is 0. The maximum Gasteiger partial charge on any atom is 0.0614 e. The third-order valence-corrected chi connectivity index (χ3v) is 4.15. The van der Waals surface area contributed by atoms with E-state index in [0.29, 0.717) is 6.04 Å². The Morgan fingerprint density at radius 2 is 2.37 bits per heavy atom. The number of hydrogen-bond acceptors (Lipinski definition) is 2. The van der Waals surface area contributed by atoms with E-state index in [1.165, 1.54) is 23.4 Å². The van der Waals surface area contributed by atoms with Crippen LogP contribution >= 0.6 is 0 Å².